The van der Waals surface area contributed by atoms with E-state index < -0.39 is 17.0 Å². The third-order valence-electron chi connectivity index (χ3n) is 5.82. The number of ether oxygens (including phenoxy) is 2. The standard InChI is InChI=1S/C28H29NO4/c1-27(2,3)33-26(31)28(18-20-10-6-5-7-11-20)23-12-8-9-13-24(23)29(25(28)30)19-21-14-16-22(32-4)17-15-21/h5-17H,18-19H2,1-4H3. The fourth-order valence-corrected chi connectivity index (χ4v) is 4.30. The molecule has 33 heavy (non-hydrogen) atoms. The zero-order valence-electron chi connectivity index (χ0n) is 19.5. The van der Waals surface area contributed by atoms with Gasteiger partial charge in [0, 0.05) is 17.7 Å². The zero-order valence-corrected chi connectivity index (χ0v) is 19.5. The fraction of sp³-hybridized carbons (Fsp3) is 0.286. The topological polar surface area (TPSA) is 55.8 Å². The number of nitrogens with zero attached hydrogens (tertiary/aromatic N) is 1. The van der Waals surface area contributed by atoms with E-state index in [-0.39, 0.29) is 12.3 Å². The first-order valence-corrected chi connectivity index (χ1v) is 11.1. The molecule has 0 saturated carbocycles. The van der Waals surface area contributed by atoms with Crippen molar-refractivity contribution in [1.29, 1.82) is 0 Å². The molecule has 0 fully saturated rings. The molecule has 0 aliphatic carbocycles. The lowest BCUT2D eigenvalue weighted by Gasteiger charge is -2.31. The van der Waals surface area contributed by atoms with Gasteiger partial charge in [0.1, 0.15) is 11.4 Å². The van der Waals surface area contributed by atoms with E-state index in [9.17, 15) is 9.59 Å². The molecule has 170 valence electrons. The quantitative estimate of drug-likeness (QED) is 0.395. The number of hydrogen-bond acceptors (Lipinski definition) is 4. The molecule has 4 rings (SSSR count). The highest BCUT2D eigenvalue weighted by atomic mass is 16.6. The monoisotopic (exact) mass is 443 g/mol. The molecule has 0 radical (unpaired) electrons. The molecule has 0 bridgehead atoms. The molecule has 1 unspecified atom stereocenters. The van der Waals surface area contributed by atoms with Gasteiger partial charge in [-0.25, -0.2) is 0 Å². The average molecular weight is 444 g/mol. The van der Waals surface area contributed by atoms with E-state index in [1.54, 1.807) is 12.0 Å². The van der Waals surface area contributed by atoms with E-state index in [0.29, 0.717) is 12.1 Å². The first-order chi connectivity index (χ1) is 15.7. The molecule has 0 spiro atoms. The number of anilines is 1. The van der Waals surface area contributed by atoms with Crippen LogP contribution in [0.15, 0.2) is 78.9 Å². The molecule has 1 aliphatic heterocycles. The van der Waals surface area contributed by atoms with E-state index in [0.717, 1.165) is 22.6 Å². The Bertz CT molecular complexity index is 1150. The Kier molecular flexibility index (Phi) is 5.98. The number of esters is 1. The molecule has 5 nitrogen and oxygen atoms in total. The lowest BCUT2D eigenvalue weighted by Crippen LogP contribution is -2.50. The van der Waals surface area contributed by atoms with Gasteiger partial charge >= 0.3 is 5.97 Å². The van der Waals surface area contributed by atoms with Crippen LogP contribution in [0.5, 0.6) is 5.75 Å². The smallest absolute Gasteiger partial charge is 0.327 e. The third-order valence-corrected chi connectivity index (χ3v) is 5.82. The number of carbonyl (C=O) groups is 2. The summed E-state index contributed by atoms with van der Waals surface area (Å²) in [5.41, 5.74) is 1.09. The van der Waals surface area contributed by atoms with E-state index in [2.05, 4.69) is 0 Å². The minimum Gasteiger partial charge on any atom is -0.497 e. The van der Waals surface area contributed by atoms with Crippen LogP contribution in [0.3, 0.4) is 0 Å². The van der Waals surface area contributed by atoms with Gasteiger partial charge in [-0.05, 0) is 50.1 Å². The van der Waals surface area contributed by atoms with Gasteiger partial charge in [-0.1, -0.05) is 60.7 Å². The summed E-state index contributed by atoms with van der Waals surface area (Å²) in [6.45, 7) is 5.81. The highest BCUT2D eigenvalue weighted by molar-refractivity contribution is 6.20. The van der Waals surface area contributed by atoms with Crippen molar-refractivity contribution in [3.63, 3.8) is 0 Å². The van der Waals surface area contributed by atoms with Crippen LogP contribution in [0.2, 0.25) is 0 Å². The molecule has 3 aromatic carbocycles. The minimum atomic E-state index is -1.45. The van der Waals surface area contributed by atoms with Crippen LogP contribution < -0.4 is 9.64 Å². The second kappa shape index (κ2) is 8.74. The lowest BCUT2D eigenvalue weighted by molar-refractivity contribution is -0.164. The second-order valence-electron chi connectivity index (χ2n) is 9.33. The maximum Gasteiger partial charge on any atom is 0.327 e. The van der Waals surface area contributed by atoms with Crippen LogP contribution in [-0.2, 0) is 32.7 Å². The molecule has 1 aliphatic rings. The largest absolute Gasteiger partial charge is 0.497 e. The highest BCUT2D eigenvalue weighted by Crippen LogP contribution is 2.46. The minimum absolute atomic E-state index is 0.234. The Labute approximate surface area is 194 Å². The average Bonchev–Trinajstić information content (AvgIpc) is 3.03. The van der Waals surface area contributed by atoms with Crippen LogP contribution in [-0.4, -0.2) is 24.6 Å². The lowest BCUT2D eigenvalue weighted by atomic mass is 9.76. The number of benzene rings is 3. The normalized spacial score (nSPS) is 17.6. The third kappa shape index (κ3) is 4.36. The predicted molar refractivity (Wildman–Crippen MR) is 128 cm³/mol. The Morgan fingerprint density at radius 3 is 2.15 bits per heavy atom. The van der Waals surface area contributed by atoms with E-state index >= 15 is 0 Å². The first kappa shape index (κ1) is 22.6. The number of rotatable bonds is 6. The summed E-state index contributed by atoms with van der Waals surface area (Å²) in [5, 5.41) is 0. The van der Waals surface area contributed by atoms with Gasteiger partial charge in [0.15, 0.2) is 5.41 Å². The first-order valence-electron chi connectivity index (χ1n) is 11.1. The summed E-state index contributed by atoms with van der Waals surface area (Å²) in [6, 6.07) is 24.7. The van der Waals surface area contributed by atoms with Gasteiger partial charge in [0.05, 0.1) is 13.7 Å². The summed E-state index contributed by atoms with van der Waals surface area (Å²) in [4.78, 5) is 29.6. The molecule has 3 aromatic rings. The van der Waals surface area contributed by atoms with Gasteiger partial charge in [0.25, 0.3) is 0 Å². The molecule has 1 heterocycles. The summed E-state index contributed by atoms with van der Waals surface area (Å²) < 4.78 is 11.1. The van der Waals surface area contributed by atoms with Gasteiger partial charge in [-0.3, -0.25) is 9.59 Å². The van der Waals surface area contributed by atoms with Gasteiger partial charge < -0.3 is 14.4 Å². The Balaban J connectivity index is 1.81. The van der Waals surface area contributed by atoms with Crippen LogP contribution in [0.25, 0.3) is 0 Å². The summed E-state index contributed by atoms with van der Waals surface area (Å²) in [6.07, 6.45) is 0.234. The molecular weight excluding hydrogens is 414 g/mol. The van der Waals surface area contributed by atoms with Crippen molar-refractivity contribution in [2.24, 2.45) is 0 Å². The molecule has 5 heteroatoms. The van der Waals surface area contributed by atoms with Crippen LogP contribution in [0.1, 0.15) is 37.5 Å². The number of amides is 1. The van der Waals surface area contributed by atoms with Gasteiger partial charge in [-0.2, -0.15) is 0 Å². The predicted octanol–water partition coefficient (Wildman–Crippen LogP) is 5.06. The van der Waals surface area contributed by atoms with Crippen molar-refractivity contribution >= 4 is 17.6 Å². The van der Waals surface area contributed by atoms with Crippen molar-refractivity contribution in [2.45, 2.75) is 44.8 Å². The van der Waals surface area contributed by atoms with Gasteiger partial charge in [-0.15, -0.1) is 0 Å². The summed E-state index contributed by atoms with van der Waals surface area (Å²) >= 11 is 0. The number of hydrogen-bond donors (Lipinski definition) is 0. The van der Waals surface area contributed by atoms with Crippen LogP contribution >= 0.6 is 0 Å². The molecule has 1 atom stereocenters. The molecule has 0 N–H and O–H groups in total. The maximum absolute atomic E-state index is 14.1. The fourth-order valence-electron chi connectivity index (χ4n) is 4.30. The van der Waals surface area contributed by atoms with E-state index in [4.69, 9.17) is 9.47 Å². The molecular formula is C28H29NO4. The van der Waals surface area contributed by atoms with Crippen molar-refractivity contribution in [1.82, 2.24) is 0 Å². The zero-order chi connectivity index (χ0) is 23.6. The Morgan fingerprint density at radius 1 is 0.879 bits per heavy atom. The summed E-state index contributed by atoms with van der Waals surface area (Å²) in [5.74, 6) is -0.0368. The molecule has 1 amide bonds. The Hall–Kier alpha value is -3.60. The van der Waals surface area contributed by atoms with Crippen molar-refractivity contribution in [3.8, 4) is 5.75 Å². The Morgan fingerprint density at radius 2 is 1.52 bits per heavy atom. The molecule has 0 saturated heterocycles. The van der Waals surface area contributed by atoms with E-state index in [1.165, 1.54) is 0 Å². The van der Waals surface area contributed by atoms with Crippen LogP contribution in [0, 0.1) is 0 Å². The molecule has 0 aromatic heterocycles. The number of para-hydroxylation sites is 1. The number of carbonyl (C=O) groups excluding carboxylic acids is 2. The van der Waals surface area contributed by atoms with Crippen molar-refractivity contribution in [3.05, 3.63) is 95.6 Å². The van der Waals surface area contributed by atoms with Crippen LogP contribution in [0.4, 0.5) is 5.69 Å². The van der Waals surface area contributed by atoms with Gasteiger partial charge in [0.2, 0.25) is 5.91 Å². The van der Waals surface area contributed by atoms with Crippen molar-refractivity contribution in [2.75, 3.05) is 12.0 Å². The maximum atomic E-state index is 14.1. The number of fused-ring (bicyclic) bond motifs is 1. The highest BCUT2D eigenvalue weighted by Gasteiger charge is 2.58. The number of methoxy groups -OCH3 is 1. The summed E-state index contributed by atoms with van der Waals surface area (Å²) in [7, 11) is 1.62. The van der Waals surface area contributed by atoms with E-state index in [1.807, 2.05) is 99.6 Å². The van der Waals surface area contributed by atoms with Crippen molar-refractivity contribution < 1.29 is 19.1 Å². The second-order valence-corrected chi connectivity index (χ2v) is 9.33. The SMILES string of the molecule is COc1ccc(CN2C(=O)C(Cc3ccccc3)(C(=O)OC(C)(C)C)c3ccccc32)cc1.